The number of fused-ring (bicyclic) bond motifs is 1. The number of carboxylic acid groups (broad SMARTS) is 1. The van der Waals surface area contributed by atoms with Crippen molar-refractivity contribution in [3.05, 3.63) is 88.9 Å². The summed E-state index contributed by atoms with van der Waals surface area (Å²) in [5.41, 5.74) is 1.08. The number of carbonyl (C=O) groups is 2. The predicted octanol–water partition coefficient (Wildman–Crippen LogP) is 4.44. The Kier molecular flexibility index (Phi) is 8.37. The Bertz CT molecular complexity index is 1510. The maximum absolute atomic E-state index is 13.8. The molecule has 0 saturated heterocycles. The van der Waals surface area contributed by atoms with Crippen LogP contribution < -0.4 is 9.64 Å². The van der Waals surface area contributed by atoms with Crippen LogP contribution in [-0.4, -0.2) is 48.9 Å². The lowest BCUT2D eigenvalue weighted by Crippen LogP contribution is -2.50. The fourth-order valence-electron chi connectivity index (χ4n) is 4.11. The smallest absolute Gasteiger partial charge is 0.323 e. The first-order valence-corrected chi connectivity index (χ1v) is 13.6. The fourth-order valence-corrected chi connectivity index (χ4v) is 5.88. The number of carbonyl (C=O) groups excluding carboxylic acids is 1. The molecule has 196 valence electrons. The molecule has 1 unspecified atom stereocenters. The number of halogens is 1. The number of hydrogen-bond donors (Lipinski definition) is 1. The number of ether oxygens (including phenoxy) is 1. The van der Waals surface area contributed by atoms with Crippen LogP contribution in [0.4, 0.5) is 5.69 Å². The molecule has 8 nitrogen and oxygen atoms in total. The first-order valence-electron chi connectivity index (χ1n) is 11.8. The molecule has 0 fully saturated rings. The molecule has 0 saturated carbocycles. The van der Waals surface area contributed by atoms with E-state index in [0.29, 0.717) is 23.4 Å². The van der Waals surface area contributed by atoms with Gasteiger partial charge < -0.3 is 14.7 Å². The molecule has 0 bridgehead atoms. The van der Waals surface area contributed by atoms with Gasteiger partial charge in [0.1, 0.15) is 18.4 Å². The second kappa shape index (κ2) is 11.7. The minimum absolute atomic E-state index is 0.0981. The average Bonchev–Trinajstić information content (AvgIpc) is 3.09. The van der Waals surface area contributed by atoms with Gasteiger partial charge in [0, 0.05) is 18.7 Å². The molecule has 0 spiro atoms. The van der Waals surface area contributed by atoms with E-state index in [1.807, 2.05) is 6.92 Å². The molecule has 1 heterocycles. The van der Waals surface area contributed by atoms with E-state index in [1.54, 1.807) is 48.5 Å². The largest absolute Gasteiger partial charge is 0.481 e. The van der Waals surface area contributed by atoms with Crippen LogP contribution in [0.1, 0.15) is 29.3 Å². The van der Waals surface area contributed by atoms with E-state index < -0.39 is 34.5 Å². The Labute approximate surface area is 226 Å². The van der Waals surface area contributed by atoms with Gasteiger partial charge in [0.2, 0.25) is 10.0 Å². The number of sulfonamides is 1. The van der Waals surface area contributed by atoms with Gasteiger partial charge in [0.25, 0.3) is 5.91 Å². The zero-order chi connectivity index (χ0) is 27.3. The Morgan fingerprint density at radius 1 is 1.03 bits per heavy atom. The summed E-state index contributed by atoms with van der Waals surface area (Å²) in [6.45, 7) is 1.43. The molecule has 38 heavy (non-hydrogen) atoms. The molecule has 0 aliphatic carbocycles. The highest BCUT2D eigenvalue weighted by Crippen LogP contribution is 2.33. The van der Waals surface area contributed by atoms with E-state index in [0.717, 1.165) is 4.31 Å². The summed E-state index contributed by atoms with van der Waals surface area (Å²) in [5, 5.41) is 10.3. The second-order valence-electron chi connectivity index (χ2n) is 8.40. The van der Waals surface area contributed by atoms with Gasteiger partial charge >= 0.3 is 5.97 Å². The van der Waals surface area contributed by atoms with Crippen LogP contribution in [0.2, 0.25) is 5.02 Å². The van der Waals surface area contributed by atoms with Gasteiger partial charge in [0.15, 0.2) is 0 Å². The third-order valence-corrected chi connectivity index (χ3v) is 8.19. The van der Waals surface area contributed by atoms with E-state index in [2.05, 4.69) is 11.8 Å². The van der Waals surface area contributed by atoms with Crippen LogP contribution in [0, 0.1) is 11.8 Å². The normalized spacial score (nSPS) is 15.5. The summed E-state index contributed by atoms with van der Waals surface area (Å²) < 4.78 is 33.9. The van der Waals surface area contributed by atoms with Crippen molar-refractivity contribution in [1.29, 1.82) is 0 Å². The van der Waals surface area contributed by atoms with Gasteiger partial charge in [-0.1, -0.05) is 54.8 Å². The lowest BCUT2D eigenvalue weighted by molar-refractivity contribution is -0.141. The number of nitrogens with zero attached hydrogens (tertiary/aromatic N) is 2. The maximum atomic E-state index is 13.8. The number of rotatable bonds is 6. The zero-order valence-corrected chi connectivity index (χ0v) is 22.1. The standard InChI is InChI=1S/C28H25ClN2O6S/c1-2-3-8-17-37-21-13-15-22(16-14-21)38(35,36)31-18-20-9-4-7-12-25(20)30(19-26(31)28(33)34)27(32)23-10-5-6-11-24(23)29/h4-7,9-16,26H,2,17-19H2,1H3,(H,33,34). The molecule has 1 N–H and O–H groups in total. The number of hydrogen-bond acceptors (Lipinski definition) is 5. The van der Waals surface area contributed by atoms with Crippen molar-refractivity contribution in [2.24, 2.45) is 0 Å². The molecule has 3 aromatic rings. The van der Waals surface area contributed by atoms with Crippen molar-refractivity contribution in [3.8, 4) is 17.6 Å². The monoisotopic (exact) mass is 552 g/mol. The van der Waals surface area contributed by atoms with Crippen LogP contribution in [0.15, 0.2) is 77.7 Å². The summed E-state index contributed by atoms with van der Waals surface area (Å²) in [6.07, 6.45) is 0.700. The quantitative estimate of drug-likeness (QED) is 0.453. The molecule has 1 atom stereocenters. The van der Waals surface area contributed by atoms with Gasteiger partial charge in [-0.2, -0.15) is 4.31 Å². The molecular formula is C28H25ClN2O6S. The third-order valence-electron chi connectivity index (χ3n) is 5.99. The molecule has 3 aromatic carbocycles. The van der Waals surface area contributed by atoms with Crippen LogP contribution >= 0.6 is 11.6 Å². The van der Waals surface area contributed by atoms with Gasteiger partial charge in [0.05, 0.1) is 22.0 Å². The Balaban J connectivity index is 1.71. The number of para-hydroxylation sites is 1. The van der Waals surface area contributed by atoms with Crippen molar-refractivity contribution in [2.45, 2.75) is 30.8 Å². The number of aliphatic carboxylic acids is 1. The molecule has 1 amide bonds. The van der Waals surface area contributed by atoms with E-state index in [-0.39, 0.29) is 28.6 Å². The summed E-state index contributed by atoms with van der Waals surface area (Å²) >= 11 is 6.26. The highest BCUT2D eigenvalue weighted by molar-refractivity contribution is 7.89. The molecule has 4 rings (SSSR count). The summed E-state index contributed by atoms with van der Waals surface area (Å²) in [7, 11) is -4.29. The molecule has 0 aromatic heterocycles. The Hall–Kier alpha value is -3.84. The molecular weight excluding hydrogens is 528 g/mol. The van der Waals surface area contributed by atoms with Gasteiger partial charge in [-0.3, -0.25) is 9.59 Å². The molecule has 0 radical (unpaired) electrons. The lowest BCUT2D eigenvalue weighted by Gasteiger charge is -2.28. The highest BCUT2D eigenvalue weighted by Gasteiger charge is 2.41. The second-order valence-corrected chi connectivity index (χ2v) is 10.7. The number of benzene rings is 3. The van der Waals surface area contributed by atoms with Gasteiger partial charge in [-0.15, -0.1) is 5.92 Å². The molecule has 1 aliphatic heterocycles. The third kappa shape index (κ3) is 5.68. The van der Waals surface area contributed by atoms with Crippen molar-refractivity contribution in [3.63, 3.8) is 0 Å². The SMILES string of the molecule is CCC#CCOc1ccc(S(=O)(=O)N2Cc3ccccc3N(C(=O)c3ccccc3Cl)CC2C(=O)O)cc1. The first kappa shape index (κ1) is 27.2. The van der Waals surface area contributed by atoms with Crippen LogP contribution in [0.25, 0.3) is 0 Å². The van der Waals surface area contributed by atoms with Crippen LogP contribution in [0.5, 0.6) is 5.75 Å². The fraction of sp³-hybridized carbons (Fsp3) is 0.214. The van der Waals surface area contributed by atoms with Gasteiger partial charge in [-0.25, -0.2) is 8.42 Å². The lowest BCUT2D eigenvalue weighted by atomic mass is 10.1. The minimum atomic E-state index is -4.29. The first-order chi connectivity index (χ1) is 18.2. The number of carboxylic acids is 1. The van der Waals surface area contributed by atoms with Crippen LogP contribution in [-0.2, 0) is 21.4 Å². The molecule has 1 aliphatic rings. The van der Waals surface area contributed by atoms with Crippen molar-refractivity contribution >= 4 is 39.2 Å². The number of amides is 1. The van der Waals surface area contributed by atoms with E-state index in [4.69, 9.17) is 16.3 Å². The van der Waals surface area contributed by atoms with Crippen LogP contribution in [0.3, 0.4) is 0 Å². The van der Waals surface area contributed by atoms with E-state index in [9.17, 15) is 23.1 Å². The summed E-state index contributed by atoms with van der Waals surface area (Å²) in [6, 6.07) is 17.3. The maximum Gasteiger partial charge on any atom is 0.323 e. The average molecular weight is 553 g/mol. The van der Waals surface area contributed by atoms with E-state index in [1.165, 1.54) is 29.2 Å². The summed E-state index contributed by atoms with van der Waals surface area (Å²) in [4.78, 5) is 27.2. The minimum Gasteiger partial charge on any atom is -0.481 e. The zero-order valence-electron chi connectivity index (χ0n) is 20.5. The molecule has 10 heteroatoms. The predicted molar refractivity (Wildman–Crippen MR) is 144 cm³/mol. The topological polar surface area (TPSA) is 104 Å². The summed E-state index contributed by atoms with van der Waals surface area (Å²) in [5.74, 6) is 4.25. The Morgan fingerprint density at radius 2 is 1.71 bits per heavy atom. The van der Waals surface area contributed by atoms with Crippen molar-refractivity contribution in [2.75, 3.05) is 18.1 Å². The Morgan fingerprint density at radius 3 is 2.39 bits per heavy atom. The van der Waals surface area contributed by atoms with E-state index >= 15 is 0 Å². The van der Waals surface area contributed by atoms with Crippen molar-refractivity contribution < 1.29 is 27.9 Å². The highest BCUT2D eigenvalue weighted by atomic mass is 35.5. The van der Waals surface area contributed by atoms with Gasteiger partial charge in [-0.05, 0) is 48.0 Å². The number of anilines is 1. The van der Waals surface area contributed by atoms with Crippen molar-refractivity contribution in [1.82, 2.24) is 4.31 Å².